The summed E-state index contributed by atoms with van der Waals surface area (Å²) in [7, 11) is 0. The first-order valence-electron chi connectivity index (χ1n) is 9.37. The molecular formula is C21H24N4O. The fraction of sp³-hybridized carbons (Fsp3) is 0.381. The summed E-state index contributed by atoms with van der Waals surface area (Å²) in [6, 6.07) is 10.3. The highest BCUT2D eigenvalue weighted by atomic mass is 16.2. The Balaban J connectivity index is 1.51. The van der Waals surface area contributed by atoms with Crippen LogP contribution in [-0.4, -0.2) is 37.8 Å². The standard InChI is InChI=1S/C21H24N4O/c1-16-10-13-24-15-19(23-20(24)14-16)21(26)25-12-5-3-7-18(25)9-8-17-6-2-4-11-22-17/h2,4,6,10-11,13-15,18H,3,5,7-9,12H2,1H3. The summed E-state index contributed by atoms with van der Waals surface area (Å²) >= 11 is 0. The van der Waals surface area contributed by atoms with Crippen LogP contribution in [0.3, 0.4) is 0 Å². The second kappa shape index (κ2) is 7.28. The van der Waals surface area contributed by atoms with Gasteiger partial charge in [0.1, 0.15) is 11.3 Å². The van der Waals surface area contributed by atoms with Crippen LogP contribution in [0.15, 0.2) is 48.9 Å². The molecule has 0 radical (unpaired) electrons. The quantitative estimate of drug-likeness (QED) is 0.723. The smallest absolute Gasteiger partial charge is 0.274 e. The Hall–Kier alpha value is -2.69. The van der Waals surface area contributed by atoms with E-state index in [2.05, 4.69) is 16.0 Å². The van der Waals surface area contributed by atoms with E-state index < -0.39 is 0 Å². The molecule has 26 heavy (non-hydrogen) atoms. The van der Waals surface area contributed by atoms with Gasteiger partial charge in [0.05, 0.1) is 0 Å². The van der Waals surface area contributed by atoms with E-state index in [1.54, 1.807) is 0 Å². The topological polar surface area (TPSA) is 50.5 Å². The molecule has 0 bridgehead atoms. The van der Waals surface area contributed by atoms with Crippen molar-refractivity contribution in [3.8, 4) is 0 Å². The van der Waals surface area contributed by atoms with Gasteiger partial charge >= 0.3 is 0 Å². The maximum Gasteiger partial charge on any atom is 0.274 e. The lowest BCUT2D eigenvalue weighted by molar-refractivity contribution is 0.0596. The molecule has 4 heterocycles. The van der Waals surface area contributed by atoms with Gasteiger partial charge in [-0.05, 0) is 68.9 Å². The molecule has 4 rings (SSSR count). The summed E-state index contributed by atoms with van der Waals surface area (Å²) in [6.07, 6.45) is 10.8. The fourth-order valence-electron chi connectivity index (χ4n) is 3.76. The lowest BCUT2D eigenvalue weighted by atomic mass is 9.96. The molecule has 5 nitrogen and oxygen atoms in total. The number of likely N-dealkylation sites (tertiary alicyclic amines) is 1. The Morgan fingerprint density at radius 3 is 3.04 bits per heavy atom. The summed E-state index contributed by atoms with van der Waals surface area (Å²) in [5.41, 5.74) is 3.61. The van der Waals surface area contributed by atoms with Gasteiger partial charge in [0.2, 0.25) is 0 Å². The molecule has 1 saturated heterocycles. The largest absolute Gasteiger partial charge is 0.334 e. The molecular weight excluding hydrogens is 324 g/mol. The van der Waals surface area contributed by atoms with Crippen molar-refractivity contribution in [1.82, 2.24) is 19.3 Å². The highest BCUT2D eigenvalue weighted by Crippen LogP contribution is 2.23. The molecule has 134 valence electrons. The maximum atomic E-state index is 13.1. The number of pyridine rings is 2. The van der Waals surface area contributed by atoms with E-state index in [9.17, 15) is 4.79 Å². The number of hydrogen-bond acceptors (Lipinski definition) is 3. The van der Waals surface area contributed by atoms with Gasteiger partial charge in [0, 0.05) is 36.9 Å². The number of fused-ring (bicyclic) bond motifs is 1. The summed E-state index contributed by atoms with van der Waals surface area (Å²) in [5, 5.41) is 0. The number of aromatic nitrogens is 3. The van der Waals surface area contributed by atoms with Crippen LogP contribution in [-0.2, 0) is 6.42 Å². The number of aryl methyl sites for hydroxylation is 2. The Morgan fingerprint density at radius 1 is 1.27 bits per heavy atom. The number of carbonyl (C=O) groups excluding carboxylic acids is 1. The van der Waals surface area contributed by atoms with Crippen LogP contribution in [0.5, 0.6) is 0 Å². The summed E-state index contributed by atoms with van der Waals surface area (Å²) in [6.45, 7) is 2.85. The second-order valence-corrected chi connectivity index (χ2v) is 7.10. The van der Waals surface area contributed by atoms with Crippen LogP contribution >= 0.6 is 0 Å². The van der Waals surface area contributed by atoms with Crippen LogP contribution in [0.2, 0.25) is 0 Å². The first kappa shape index (κ1) is 16.8. The summed E-state index contributed by atoms with van der Waals surface area (Å²) in [4.78, 5) is 24.1. The van der Waals surface area contributed by atoms with Gasteiger partial charge in [-0.1, -0.05) is 6.07 Å². The second-order valence-electron chi connectivity index (χ2n) is 7.10. The van der Waals surface area contributed by atoms with Crippen molar-refractivity contribution < 1.29 is 4.79 Å². The van der Waals surface area contributed by atoms with E-state index in [-0.39, 0.29) is 11.9 Å². The third-order valence-electron chi connectivity index (χ3n) is 5.18. The molecule has 3 aromatic heterocycles. The third kappa shape index (κ3) is 3.47. The molecule has 0 aromatic carbocycles. The molecule has 1 unspecified atom stereocenters. The molecule has 3 aromatic rings. The first-order valence-corrected chi connectivity index (χ1v) is 9.37. The molecule has 1 aliphatic rings. The Kier molecular flexibility index (Phi) is 4.69. The van der Waals surface area contributed by atoms with Crippen molar-refractivity contribution >= 4 is 11.6 Å². The van der Waals surface area contributed by atoms with E-state index in [0.717, 1.165) is 49.1 Å². The average molecular weight is 348 g/mol. The van der Waals surface area contributed by atoms with Crippen LogP contribution in [0.1, 0.15) is 47.4 Å². The van der Waals surface area contributed by atoms with Crippen molar-refractivity contribution in [1.29, 1.82) is 0 Å². The normalized spacial score (nSPS) is 17.6. The van der Waals surface area contributed by atoms with Gasteiger partial charge < -0.3 is 9.30 Å². The lowest BCUT2D eigenvalue weighted by Crippen LogP contribution is -2.44. The van der Waals surface area contributed by atoms with Gasteiger partial charge in [-0.25, -0.2) is 4.98 Å². The summed E-state index contributed by atoms with van der Waals surface area (Å²) in [5.74, 6) is 0.0528. The van der Waals surface area contributed by atoms with Crippen molar-refractivity contribution in [3.63, 3.8) is 0 Å². The zero-order valence-corrected chi connectivity index (χ0v) is 15.1. The van der Waals surface area contributed by atoms with Crippen molar-refractivity contribution in [2.24, 2.45) is 0 Å². The van der Waals surface area contributed by atoms with Gasteiger partial charge in [-0.2, -0.15) is 0 Å². The third-order valence-corrected chi connectivity index (χ3v) is 5.18. The molecule has 0 aliphatic carbocycles. The molecule has 1 amide bonds. The zero-order chi connectivity index (χ0) is 17.9. The molecule has 0 N–H and O–H groups in total. The van der Waals surface area contributed by atoms with Crippen molar-refractivity contribution in [3.05, 3.63) is 65.9 Å². The fourth-order valence-corrected chi connectivity index (χ4v) is 3.76. The van der Waals surface area contributed by atoms with Gasteiger partial charge in [-0.3, -0.25) is 9.78 Å². The SMILES string of the molecule is Cc1ccn2cc(C(=O)N3CCCCC3CCc3ccccn3)nc2c1. The summed E-state index contributed by atoms with van der Waals surface area (Å²) < 4.78 is 1.92. The number of hydrogen-bond donors (Lipinski definition) is 0. The Bertz CT molecular complexity index is 903. The minimum atomic E-state index is 0.0528. The maximum absolute atomic E-state index is 13.1. The highest BCUT2D eigenvalue weighted by Gasteiger charge is 2.28. The number of piperidine rings is 1. The Labute approximate surface area is 153 Å². The molecule has 1 atom stereocenters. The highest BCUT2D eigenvalue weighted by molar-refractivity contribution is 5.93. The molecule has 1 fully saturated rings. The number of nitrogens with zero attached hydrogens (tertiary/aromatic N) is 4. The van der Waals surface area contributed by atoms with Gasteiger partial charge in [0.25, 0.3) is 5.91 Å². The van der Waals surface area contributed by atoms with E-state index in [0.29, 0.717) is 5.69 Å². The zero-order valence-electron chi connectivity index (χ0n) is 15.1. The Morgan fingerprint density at radius 2 is 2.19 bits per heavy atom. The number of amides is 1. The van der Waals surface area contributed by atoms with Gasteiger partial charge in [-0.15, -0.1) is 0 Å². The predicted molar refractivity (Wildman–Crippen MR) is 101 cm³/mol. The lowest BCUT2D eigenvalue weighted by Gasteiger charge is -2.35. The monoisotopic (exact) mass is 348 g/mol. The van der Waals surface area contributed by atoms with Gasteiger partial charge in [0.15, 0.2) is 0 Å². The average Bonchev–Trinajstić information content (AvgIpc) is 3.10. The minimum Gasteiger partial charge on any atom is -0.334 e. The van der Waals surface area contributed by atoms with Crippen LogP contribution in [0.25, 0.3) is 5.65 Å². The van der Waals surface area contributed by atoms with E-state index in [1.807, 2.05) is 59.1 Å². The van der Waals surface area contributed by atoms with E-state index in [4.69, 9.17) is 0 Å². The number of imidazole rings is 1. The molecule has 0 saturated carbocycles. The number of carbonyl (C=O) groups is 1. The predicted octanol–water partition coefficient (Wildman–Crippen LogP) is 3.67. The molecule has 5 heteroatoms. The van der Waals surface area contributed by atoms with Crippen molar-refractivity contribution in [2.75, 3.05) is 6.54 Å². The molecule has 1 aliphatic heterocycles. The number of rotatable bonds is 4. The van der Waals surface area contributed by atoms with Crippen molar-refractivity contribution in [2.45, 2.75) is 45.1 Å². The van der Waals surface area contributed by atoms with Crippen LogP contribution in [0, 0.1) is 6.92 Å². The van der Waals surface area contributed by atoms with E-state index >= 15 is 0 Å². The van der Waals surface area contributed by atoms with Crippen LogP contribution in [0.4, 0.5) is 0 Å². The van der Waals surface area contributed by atoms with E-state index in [1.165, 1.54) is 6.42 Å². The first-order chi connectivity index (χ1) is 12.7. The molecule has 0 spiro atoms. The minimum absolute atomic E-state index is 0.0528. The van der Waals surface area contributed by atoms with Crippen LogP contribution < -0.4 is 0 Å².